The summed E-state index contributed by atoms with van der Waals surface area (Å²) in [6.45, 7) is -0.145. The summed E-state index contributed by atoms with van der Waals surface area (Å²) >= 11 is 0. The average molecular weight is 507 g/mol. The van der Waals surface area contributed by atoms with Crippen molar-refractivity contribution in [2.75, 3.05) is 25.1 Å². The monoisotopic (exact) mass is 506 g/mol. The number of halogens is 3. The van der Waals surface area contributed by atoms with Crippen LogP contribution in [0, 0.1) is 0 Å². The number of ether oxygens (including phenoxy) is 2. The maximum atomic E-state index is 13.5. The molecule has 0 fully saturated rings. The maximum Gasteiger partial charge on any atom is 0.416 e. The number of anilines is 1. The Hall–Kier alpha value is -3.57. The number of hydrogen-bond acceptors (Lipinski definition) is 5. The molecule has 3 aromatic rings. The highest BCUT2D eigenvalue weighted by molar-refractivity contribution is 7.89. The van der Waals surface area contributed by atoms with Gasteiger partial charge in [0.25, 0.3) is 0 Å². The average Bonchev–Trinajstić information content (AvgIpc) is 2.83. The third-order valence-electron chi connectivity index (χ3n) is 5.15. The third kappa shape index (κ3) is 5.92. The summed E-state index contributed by atoms with van der Waals surface area (Å²) in [7, 11) is -4.19. The number of hydrogen-bond donors (Lipinski definition) is 1. The molecule has 0 bridgehead atoms. The topological polar surface area (TPSA) is 84.9 Å². The summed E-state index contributed by atoms with van der Waals surface area (Å²) < 4.78 is 77.9. The van der Waals surface area contributed by atoms with E-state index < -0.39 is 34.2 Å². The van der Waals surface area contributed by atoms with Crippen LogP contribution in [0.3, 0.4) is 0 Å². The minimum Gasteiger partial charge on any atom is -0.486 e. The van der Waals surface area contributed by atoms with E-state index in [1.165, 1.54) is 24.3 Å². The van der Waals surface area contributed by atoms with E-state index in [1.807, 2.05) is 0 Å². The molecule has 0 radical (unpaired) electrons. The van der Waals surface area contributed by atoms with Gasteiger partial charge in [-0.2, -0.15) is 17.5 Å². The summed E-state index contributed by atoms with van der Waals surface area (Å²) in [5.41, 5.74) is -0.401. The lowest BCUT2D eigenvalue weighted by molar-refractivity contribution is -0.137. The molecule has 3 aromatic carbocycles. The van der Waals surface area contributed by atoms with Gasteiger partial charge in [0.2, 0.25) is 15.9 Å². The molecule has 0 saturated carbocycles. The van der Waals surface area contributed by atoms with Crippen molar-refractivity contribution < 1.29 is 35.9 Å². The number of carbonyl (C=O) groups excluding carboxylic acids is 1. The van der Waals surface area contributed by atoms with Crippen LogP contribution in [-0.2, 0) is 27.5 Å². The Bertz CT molecular complexity index is 1310. The quantitative estimate of drug-likeness (QED) is 0.517. The fourth-order valence-corrected chi connectivity index (χ4v) is 4.88. The molecule has 11 heteroatoms. The molecule has 4 rings (SSSR count). The molecule has 1 aliphatic rings. The fourth-order valence-electron chi connectivity index (χ4n) is 3.48. The second kappa shape index (κ2) is 9.96. The van der Waals surface area contributed by atoms with Gasteiger partial charge in [-0.3, -0.25) is 4.79 Å². The van der Waals surface area contributed by atoms with Gasteiger partial charge in [-0.15, -0.1) is 0 Å². The Balaban J connectivity index is 1.60. The summed E-state index contributed by atoms with van der Waals surface area (Å²) in [5.74, 6) is -0.112. The molecule has 7 nitrogen and oxygen atoms in total. The highest BCUT2D eigenvalue weighted by atomic mass is 32.2. The van der Waals surface area contributed by atoms with Gasteiger partial charge in [-0.25, -0.2) is 8.42 Å². The van der Waals surface area contributed by atoms with Crippen molar-refractivity contribution in [3.63, 3.8) is 0 Å². The molecular weight excluding hydrogens is 485 g/mol. The highest BCUT2D eigenvalue weighted by Crippen LogP contribution is 2.34. The first-order valence-corrected chi connectivity index (χ1v) is 12.0. The van der Waals surface area contributed by atoms with Gasteiger partial charge in [0.1, 0.15) is 13.2 Å². The van der Waals surface area contributed by atoms with Gasteiger partial charge in [-0.05, 0) is 35.9 Å². The lowest BCUT2D eigenvalue weighted by atomic mass is 10.2. The first-order valence-electron chi connectivity index (χ1n) is 10.5. The highest BCUT2D eigenvalue weighted by Gasteiger charge is 2.31. The van der Waals surface area contributed by atoms with Gasteiger partial charge >= 0.3 is 6.18 Å². The molecule has 0 spiro atoms. The first kappa shape index (κ1) is 24.6. The number of nitrogens with zero attached hydrogens (tertiary/aromatic N) is 1. The van der Waals surface area contributed by atoms with Crippen molar-refractivity contribution in [2.45, 2.75) is 17.6 Å². The lowest BCUT2D eigenvalue weighted by Crippen LogP contribution is -2.37. The lowest BCUT2D eigenvalue weighted by Gasteiger charge is -2.24. The van der Waals surface area contributed by atoms with Crippen molar-refractivity contribution in [3.05, 3.63) is 83.9 Å². The van der Waals surface area contributed by atoms with Gasteiger partial charge in [0, 0.05) is 18.3 Å². The van der Waals surface area contributed by atoms with Crippen LogP contribution in [0.1, 0.15) is 11.1 Å². The van der Waals surface area contributed by atoms with Crippen molar-refractivity contribution in [2.24, 2.45) is 0 Å². The van der Waals surface area contributed by atoms with Gasteiger partial charge in [-0.1, -0.05) is 36.4 Å². The SMILES string of the molecule is O=C(CN(Cc1ccccc1)S(=O)(=O)c1ccc2c(c1)OCCO2)Nc1cccc(C(F)(F)F)c1. The summed E-state index contributed by atoms with van der Waals surface area (Å²) in [4.78, 5) is 12.6. The molecular formula is C24H21F3N2O5S. The van der Waals surface area contributed by atoms with E-state index in [4.69, 9.17) is 9.47 Å². The predicted molar refractivity (Wildman–Crippen MR) is 122 cm³/mol. The van der Waals surface area contributed by atoms with E-state index in [2.05, 4.69) is 5.32 Å². The number of amides is 1. The van der Waals surface area contributed by atoms with Crippen molar-refractivity contribution in [3.8, 4) is 11.5 Å². The number of carbonyl (C=O) groups is 1. The molecule has 0 aliphatic carbocycles. The zero-order chi connectivity index (χ0) is 25.1. The van der Waals surface area contributed by atoms with E-state index >= 15 is 0 Å². The van der Waals surface area contributed by atoms with Crippen LogP contribution >= 0.6 is 0 Å². The van der Waals surface area contributed by atoms with Gasteiger partial charge < -0.3 is 14.8 Å². The Morgan fingerprint density at radius 3 is 2.34 bits per heavy atom. The Morgan fingerprint density at radius 2 is 1.63 bits per heavy atom. The molecule has 35 heavy (non-hydrogen) atoms. The Labute approximate surface area is 200 Å². The van der Waals surface area contributed by atoms with Crippen LogP contribution in [0.4, 0.5) is 18.9 Å². The molecule has 0 aromatic heterocycles. The number of rotatable bonds is 7. The van der Waals surface area contributed by atoms with E-state index in [0.29, 0.717) is 17.9 Å². The molecule has 1 aliphatic heterocycles. The second-order valence-electron chi connectivity index (χ2n) is 7.69. The van der Waals surface area contributed by atoms with Crippen molar-refractivity contribution in [1.82, 2.24) is 4.31 Å². The molecule has 1 heterocycles. The summed E-state index contributed by atoms with van der Waals surface area (Å²) in [6, 6.07) is 16.9. The molecule has 0 saturated heterocycles. The molecule has 0 atom stereocenters. The number of alkyl halides is 3. The fraction of sp³-hybridized carbons (Fsp3) is 0.208. The first-order chi connectivity index (χ1) is 16.6. The van der Waals surface area contributed by atoms with E-state index in [0.717, 1.165) is 22.5 Å². The zero-order valence-electron chi connectivity index (χ0n) is 18.3. The largest absolute Gasteiger partial charge is 0.486 e. The molecule has 1 N–H and O–H groups in total. The van der Waals surface area contributed by atoms with Crippen molar-refractivity contribution in [1.29, 1.82) is 0 Å². The standard InChI is InChI=1S/C24H21F3N2O5S/c25-24(26,27)18-7-4-8-19(13-18)28-23(30)16-29(15-17-5-2-1-3-6-17)35(31,32)20-9-10-21-22(14-20)34-12-11-33-21/h1-10,13-14H,11-12,15-16H2,(H,28,30). The maximum absolute atomic E-state index is 13.5. The van der Waals surface area contributed by atoms with E-state index in [9.17, 15) is 26.4 Å². The van der Waals surface area contributed by atoms with Crippen molar-refractivity contribution >= 4 is 21.6 Å². The smallest absolute Gasteiger partial charge is 0.416 e. The van der Waals surface area contributed by atoms with Crippen LogP contribution in [0.25, 0.3) is 0 Å². The van der Waals surface area contributed by atoms with Crippen LogP contribution < -0.4 is 14.8 Å². The zero-order valence-corrected chi connectivity index (χ0v) is 19.1. The van der Waals surface area contributed by atoms with Gasteiger partial charge in [0.05, 0.1) is 17.0 Å². The van der Waals surface area contributed by atoms with Crippen LogP contribution in [0.15, 0.2) is 77.7 Å². The summed E-state index contributed by atoms with van der Waals surface area (Å²) in [5, 5.41) is 2.35. The number of nitrogens with one attached hydrogen (secondary N) is 1. The number of fused-ring (bicyclic) bond motifs is 1. The van der Waals surface area contributed by atoms with E-state index in [-0.39, 0.29) is 29.5 Å². The van der Waals surface area contributed by atoms with Crippen LogP contribution in [0.5, 0.6) is 11.5 Å². The third-order valence-corrected chi connectivity index (χ3v) is 6.93. The minimum atomic E-state index is -4.58. The Kier molecular flexibility index (Phi) is 6.99. The molecule has 184 valence electrons. The minimum absolute atomic E-state index is 0.0961. The molecule has 0 unspecified atom stereocenters. The Morgan fingerprint density at radius 1 is 0.914 bits per heavy atom. The van der Waals surface area contributed by atoms with Crippen LogP contribution in [0.2, 0.25) is 0 Å². The predicted octanol–water partition coefficient (Wildman–Crippen LogP) is 4.31. The van der Waals surface area contributed by atoms with Crippen LogP contribution in [-0.4, -0.2) is 38.4 Å². The second-order valence-corrected chi connectivity index (χ2v) is 9.63. The molecule has 1 amide bonds. The number of benzene rings is 3. The van der Waals surface area contributed by atoms with E-state index in [1.54, 1.807) is 30.3 Å². The number of sulfonamides is 1. The van der Waals surface area contributed by atoms with Gasteiger partial charge in [0.15, 0.2) is 11.5 Å². The summed E-state index contributed by atoms with van der Waals surface area (Å²) in [6.07, 6.45) is -4.58. The normalized spacial score (nSPS) is 13.5.